The third-order valence-corrected chi connectivity index (χ3v) is 5.04. The lowest BCUT2D eigenvalue weighted by molar-refractivity contribution is 0.0654. The zero-order valence-corrected chi connectivity index (χ0v) is 19.5. The number of nitrogens with one attached hydrogen (secondary N) is 1. The van der Waals surface area contributed by atoms with Gasteiger partial charge in [0.05, 0.1) is 50.6 Å². The van der Waals surface area contributed by atoms with Crippen LogP contribution in [-0.2, 0) is 16.0 Å². The van der Waals surface area contributed by atoms with Crippen molar-refractivity contribution in [3.63, 3.8) is 0 Å². The molecule has 0 spiro atoms. The Morgan fingerprint density at radius 3 is 2.66 bits per heavy atom. The number of rotatable bonds is 11. The number of aromatic nitrogens is 5. The van der Waals surface area contributed by atoms with E-state index in [2.05, 4.69) is 25.4 Å². The molecule has 0 aliphatic heterocycles. The molecule has 35 heavy (non-hydrogen) atoms. The van der Waals surface area contributed by atoms with Crippen LogP contribution in [0.25, 0.3) is 22.6 Å². The summed E-state index contributed by atoms with van der Waals surface area (Å²) in [7, 11) is 3.18. The van der Waals surface area contributed by atoms with Gasteiger partial charge in [-0.3, -0.25) is 14.5 Å². The van der Waals surface area contributed by atoms with Crippen LogP contribution in [-0.4, -0.2) is 64.7 Å². The van der Waals surface area contributed by atoms with Crippen molar-refractivity contribution in [2.24, 2.45) is 0 Å². The van der Waals surface area contributed by atoms with Crippen LogP contribution in [0.3, 0.4) is 0 Å². The van der Waals surface area contributed by atoms with Crippen LogP contribution in [0.4, 0.5) is 5.69 Å². The van der Waals surface area contributed by atoms with Crippen molar-refractivity contribution < 1.29 is 19.0 Å². The maximum absolute atomic E-state index is 13.1. The van der Waals surface area contributed by atoms with Gasteiger partial charge in [0.1, 0.15) is 11.4 Å². The van der Waals surface area contributed by atoms with Gasteiger partial charge in [0.2, 0.25) is 5.88 Å². The van der Waals surface area contributed by atoms with Crippen LogP contribution in [0.15, 0.2) is 67.1 Å². The lowest BCUT2D eigenvalue weighted by Crippen LogP contribution is -2.14. The van der Waals surface area contributed by atoms with E-state index in [9.17, 15) is 4.79 Å². The van der Waals surface area contributed by atoms with Crippen molar-refractivity contribution in [3.8, 4) is 28.5 Å². The Hall–Kier alpha value is -4.15. The highest BCUT2D eigenvalue weighted by atomic mass is 16.5. The Labute approximate surface area is 202 Å². The van der Waals surface area contributed by atoms with Crippen LogP contribution >= 0.6 is 0 Å². The number of carbonyl (C=O) groups is 1. The predicted octanol–water partition coefficient (Wildman–Crippen LogP) is 3.33. The van der Waals surface area contributed by atoms with Crippen molar-refractivity contribution in [3.05, 3.63) is 72.8 Å². The standard InChI is InChI=1S/C25H26N6O4/c1-33-14-15-35-13-12-31-17-22(24(30-31)20-6-3-4-10-26-20)29-25(32)21-8-5-7-19(28-21)18-9-11-27-23(16-18)34-2/h3-11,16-17H,12-15H2,1-2H3,(H,29,32). The van der Waals surface area contributed by atoms with Crippen LogP contribution in [0.5, 0.6) is 5.88 Å². The molecule has 4 aromatic rings. The molecular weight excluding hydrogens is 448 g/mol. The lowest BCUT2D eigenvalue weighted by Gasteiger charge is -2.07. The molecule has 0 bridgehead atoms. The van der Waals surface area contributed by atoms with E-state index in [0.29, 0.717) is 55.0 Å². The number of pyridine rings is 3. The van der Waals surface area contributed by atoms with Crippen LogP contribution in [0, 0.1) is 0 Å². The third kappa shape index (κ3) is 6.25. The topological polar surface area (TPSA) is 113 Å². The minimum atomic E-state index is -0.360. The van der Waals surface area contributed by atoms with Crippen LogP contribution in [0.1, 0.15) is 10.5 Å². The van der Waals surface area contributed by atoms with Gasteiger partial charge in [0.15, 0.2) is 0 Å². The van der Waals surface area contributed by atoms with Gasteiger partial charge in [-0.2, -0.15) is 5.10 Å². The summed E-state index contributed by atoms with van der Waals surface area (Å²) in [6.07, 6.45) is 5.08. The highest BCUT2D eigenvalue weighted by molar-refractivity contribution is 6.04. The summed E-state index contributed by atoms with van der Waals surface area (Å²) in [6.45, 7) is 1.99. The van der Waals surface area contributed by atoms with Gasteiger partial charge in [-0.15, -0.1) is 0 Å². The molecule has 10 heteroatoms. The van der Waals surface area contributed by atoms with E-state index in [1.807, 2.05) is 30.3 Å². The molecule has 0 aromatic carbocycles. The SMILES string of the molecule is COCCOCCn1cc(NC(=O)c2cccc(-c3ccnc(OC)c3)n2)c(-c2ccccn2)n1. The molecule has 0 saturated carbocycles. The molecular formula is C25H26N6O4. The number of carbonyl (C=O) groups excluding carboxylic acids is 1. The Kier molecular flexibility index (Phi) is 8.10. The number of ether oxygens (including phenoxy) is 3. The molecule has 4 heterocycles. The normalized spacial score (nSPS) is 10.8. The molecule has 4 aromatic heterocycles. The first-order chi connectivity index (χ1) is 17.2. The molecule has 0 aliphatic carbocycles. The van der Waals surface area contributed by atoms with Gasteiger partial charge < -0.3 is 19.5 Å². The summed E-state index contributed by atoms with van der Waals surface area (Å²) < 4.78 is 17.4. The van der Waals surface area contributed by atoms with Crippen molar-refractivity contribution in [2.75, 3.05) is 39.4 Å². The molecule has 0 atom stereocenters. The fourth-order valence-electron chi connectivity index (χ4n) is 3.31. The van der Waals surface area contributed by atoms with Crippen molar-refractivity contribution in [1.82, 2.24) is 24.7 Å². The summed E-state index contributed by atoms with van der Waals surface area (Å²) in [5.74, 6) is 0.110. The Morgan fingerprint density at radius 1 is 0.971 bits per heavy atom. The van der Waals surface area contributed by atoms with Gasteiger partial charge in [-0.05, 0) is 30.3 Å². The molecule has 0 fully saturated rings. The average molecular weight is 475 g/mol. The maximum atomic E-state index is 13.1. The second kappa shape index (κ2) is 11.8. The van der Waals surface area contributed by atoms with Crippen molar-refractivity contribution >= 4 is 11.6 Å². The van der Waals surface area contributed by atoms with Gasteiger partial charge >= 0.3 is 0 Å². The first kappa shape index (κ1) is 24.0. The molecule has 0 radical (unpaired) electrons. The smallest absolute Gasteiger partial charge is 0.274 e. The largest absolute Gasteiger partial charge is 0.481 e. The number of hydrogen-bond donors (Lipinski definition) is 1. The maximum Gasteiger partial charge on any atom is 0.274 e. The van der Waals surface area contributed by atoms with Gasteiger partial charge in [0, 0.05) is 37.3 Å². The highest BCUT2D eigenvalue weighted by Gasteiger charge is 2.17. The molecule has 1 amide bonds. The van der Waals surface area contributed by atoms with E-state index < -0.39 is 0 Å². The van der Waals surface area contributed by atoms with Gasteiger partial charge in [-0.1, -0.05) is 12.1 Å². The minimum Gasteiger partial charge on any atom is -0.481 e. The summed E-state index contributed by atoms with van der Waals surface area (Å²) in [6, 6.07) is 14.4. The Bertz CT molecular complexity index is 1260. The predicted molar refractivity (Wildman–Crippen MR) is 130 cm³/mol. The van der Waals surface area contributed by atoms with Crippen LogP contribution in [0.2, 0.25) is 0 Å². The average Bonchev–Trinajstić information content (AvgIpc) is 3.31. The number of methoxy groups -OCH3 is 2. The van der Waals surface area contributed by atoms with Crippen LogP contribution < -0.4 is 10.1 Å². The lowest BCUT2D eigenvalue weighted by atomic mass is 10.1. The second-order valence-electron chi connectivity index (χ2n) is 7.42. The Balaban J connectivity index is 1.55. The zero-order chi connectivity index (χ0) is 24.5. The molecule has 1 N–H and O–H groups in total. The first-order valence-electron chi connectivity index (χ1n) is 11.0. The molecule has 0 unspecified atom stereocenters. The quantitative estimate of drug-likeness (QED) is 0.329. The number of amides is 1. The van der Waals surface area contributed by atoms with Gasteiger partial charge in [0.25, 0.3) is 5.91 Å². The van der Waals surface area contributed by atoms with Crippen molar-refractivity contribution in [2.45, 2.75) is 6.54 Å². The van der Waals surface area contributed by atoms with E-state index in [1.165, 1.54) is 0 Å². The fourth-order valence-corrected chi connectivity index (χ4v) is 3.31. The molecule has 0 aliphatic rings. The third-order valence-electron chi connectivity index (χ3n) is 5.04. The second-order valence-corrected chi connectivity index (χ2v) is 7.42. The summed E-state index contributed by atoms with van der Waals surface area (Å²) >= 11 is 0. The summed E-state index contributed by atoms with van der Waals surface area (Å²) in [5.41, 5.74) is 3.43. The van der Waals surface area contributed by atoms with E-state index >= 15 is 0 Å². The van der Waals surface area contributed by atoms with Gasteiger partial charge in [-0.25, -0.2) is 9.97 Å². The van der Waals surface area contributed by atoms with E-state index in [4.69, 9.17) is 14.2 Å². The monoisotopic (exact) mass is 474 g/mol. The molecule has 4 rings (SSSR count). The summed E-state index contributed by atoms with van der Waals surface area (Å²) in [5, 5.41) is 7.55. The highest BCUT2D eigenvalue weighted by Crippen LogP contribution is 2.26. The first-order valence-corrected chi connectivity index (χ1v) is 11.0. The molecule has 0 saturated heterocycles. The van der Waals surface area contributed by atoms with E-state index in [-0.39, 0.29) is 11.6 Å². The van der Waals surface area contributed by atoms with Crippen molar-refractivity contribution in [1.29, 1.82) is 0 Å². The number of anilines is 1. The number of hydrogen-bond acceptors (Lipinski definition) is 8. The van der Waals surface area contributed by atoms with E-state index in [1.54, 1.807) is 55.7 Å². The Morgan fingerprint density at radius 2 is 1.86 bits per heavy atom. The summed E-state index contributed by atoms with van der Waals surface area (Å²) in [4.78, 5) is 26.2. The zero-order valence-electron chi connectivity index (χ0n) is 19.5. The molecule has 180 valence electrons. The fraction of sp³-hybridized carbons (Fsp3) is 0.240. The minimum absolute atomic E-state index is 0.265. The van der Waals surface area contributed by atoms with E-state index in [0.717, 1.165) is 5.56 Å². The number of nitrogens with zero attached hydrogens (tertiary/aromatic N) is 5. The molecule has 10 nitrogen and oxygen atoms in total.